The summed E-state index contributed by atoms with van der Waals surface area (Å²) in [5.74, 6) is 0.831. The minimum atomic E-state index is -0.393. The third kappa shape index (κ3) is 2.19. The second-order valence-electron chi connectivity index (χ2n) is 5.72. The van der Waals surface area contributed by atoms with Crippen molar-refractivity contribution in [2.75, 3.05) is 0 Å². The van der Waals surface area contributed by atoms with Gasteiger partial charge in [-0.25, -0.2) is 0 Å². The molecule has 2 aromatic carbocycles. The van der Waals surface area contributed by atoms with E-state index in [1.54, 1.807) is 0 Å². The molecule has 2 aliphatic rings. The highest BCUT2D eigenvalue weighted by Crippen LogP contribution is 2.32. The average Bonchev–Trinajstić information content (AvgIpc) is 3.11. The Labute approximate surface area is 123 Å². The van der Waals surface area contributed by atoms with Crippen LogP contribution in [0.2, 0.25) is 0 Å². The van der Waals surface area contributed by atoms with E-state index in [1.165, 1.54) is 11.1 Å². The fraction of sp³-hybridized carbons (Fsp3) is 0.278. The Kier molecular flexibility index (Phi) is 2.92. The maximum atomic E-state index is 12.4. The van der Waals surface area contributed by atoms with E-state index in [0.717, 1.165) is 24.2 Å². The van der Waals surface area contributed by atoms with Gasteiger partial charge < -0.3 is 10.1 Å². The Morgan fingerprint density at radius 1 is 1.05 bits per heavy atom. The van der Waals surface area contributed by atoms with Gasteiger partial charge in [-0.15, -0.1) is 0 Å². The number of carbonyl (C=O) groups is 1. The highest BCUT2D eigenvalue weighted by Gasteiger charge is 2.31. The molecule has 0 unspecified atom stereocenters. The van der Waals surface area contributed by atoms with Crippen LogP contribution in [0.1, 0.15) is 29.2 Å². The highest BCUT2D eigenvalue weighted by molar-refractivity contribution is 5.83. The second-order valence-corrected chi connectivity index (χ2v) is 5.72. The van der Waals surface area contributed by atoms with Crippen molar-refractivity contribution in [3.8, 4) is 5.75 Å². The summed E-state index contributed by atoms with van der Waals surface area (Å²) < 4.78 is 5.75. The first-order chi connectivity index (χ1) is 10.3. The number of ether oxygens (including phenoxy) is 1. The zero-order chi connectivity index (χ0) is 14.2. The first kappa shape index (κ1) is 12.5. The third-order valence-electron chi connectivity index (χ3n) is 4.39. The smallest absolute Gasteiger partial charge is 0.261 e. The Morgan fingerprint density at radius 2 is 1.81 bits per heavy atom. The number of fused-ring (bicyclic) bond motifs is 2. The molecule has 0 saturated heterocycles. The number of rotatable bonds is 2. The second kappa shape index (κ2) is 4.92. The molecule has 3 nitrogen and oxygen atoms in total. The summed E-state index contributed by atoms with van der Waals surface area (Å²) in [6.07, 6.45) is 2.28. The summed E-state index contributed by atoms with van der Waals surface area (Å²) in [4.78, 5) is 12.4. The van der Waals surface area contributed by atoms with Gasteiger partial charge in [-0.2, -0.15) is 0 Å². The number of para-hydroxylation sites is 1. The minimum Gasteiger partial charge on any atom is -0.480 e. The molecule has 1 amide bonds. The van der Waals surface area contributed by atoms with Gasteiger partial charge in [-0.05, 0) is 35.6 Å². The first-order valence-corrected chi connectivity index (χ1v) is 7.44. The lowest BCUT2D eigenvalue weighted by molar-refractivity contribution is -0.128. The van der Waals surface area contributed by atoms with Crippen LogP contribution >= 0.6 is 0 Å². The van der Waals surface area contributed by atoms with Crippen LogP contribution in [0.3, 0.4) is 0 Å². The molecule has 2 aromatic rings. The lowest BCUT2D eigenvalue weighted by Crippen LogP contribution is -2.39. The molecule has 0 fully saturated rings. The molecule has 3 heteroatoms. The zero-order valence-corrected chi connectivity index (χ0v) is 11.7. The van der Waals surface area contributed by atoms with Crippen molar-refractivity contribution in [2.45, 2.75) is 31.4 Å². The van der Waals surface area contributed by atoms with Gasteiger partial charge in [0, 0.05) is 6.42 Å². The molecular weight excluding hydrogens is 262 g/mol. The van der Waals surface area contributed by atoms with Crippen LogP contribution in [-0.2, 0) is 17.6 Å². The molecule has 0 saturated carbocycles. The van der Waals surface area contributed by atoms with Crippen LogP contribution in [-0.4, -0.2) is 12.0 Å². The monoisotopic (exact) mass is 279 g/mol. The predicted molar refractivity (Wildman–Crippen MR) is 80.2 cm³/mol. The summed E-state index contributed by atoms with van der Waals surface area (Å²) in [5, 5.41) is 3.15. The Hall–Kier alpha value is -2.29. The van der Waals surface area contributed by atoms with Crippen LogP contribution < -0.4 is 10.1 Å². The zero-order valence-electron chi connectivity index (χ0n) is 11.7. The minimum absolute atomic E-state index is 0.00657. The fourth-order valence-electron chi connectivity index (χ4n) is 3.30. The van der Waals surface area contributed by atoms with Crippen LogP contribution in [0, 0.1) is 0 Å². The Balaban J connectivity index is 1.47. The number of amides is 1. The van der Waals surface area contributed by atoms with Gasteiger partial charge in [0.05, 0.1) is 6.04 Å². The van der Waals surface area contributed by atoms with Gasteiger partial charge in [0.2, 0.25) is 0 Å². The van der Waals surface area contributed by atoms with E-state index in [4.69, 9.17) is 4.74 Å². The maximum absolute atomic E-state index is 12.4. The van der Waals surface area contributed by atoms with Crippen LogP contribution in [0.4, 0.5) is 0 Å². The Bertz CT molecular complexity index is 670. The van der Waals surface area contributed by atoms with E-state index < -0.39 is 6.10 Å². The molecule has 21 heavy (non-hydrogen) atoms. The summed E-state index contributed by atoms with van der Waals surface area (Å²) in [6.45, 7) is 0. The predicted octanol–water partition coefficient (Wildman–Crippen LogP) is 2.79. The molecule has 0 aromatic heterocycles. The first-order valence-electron chi connectivity index (χ1n) is 7.44. The van der Waals surface area contributed by atoms with E-state index in [2.05, 4.69) is 23.5 Å². The standard InChI is InChI=1S/C18H17NO2/c20-18(17-11-13-6-2-4-8-16(13)21-17)19-15-10-9-12-5-1-3-7-14(12)15/h1-8,15,17H,9-11H2,(H,19,20)/t15-,17+/m1/s1. The average molecular weight is 279 g/mol. The number of nitrogens with one attached hydrogen (secondary N) is 1. The summed E-state index contributed by atoms with van der Waals surface area (Å²) in [5.41, 5.74) is 3.71. The van der Waals surface area contributed by atoms with Gasteiger partial charge >= 0.3 is 0 Å². The van der Waals surface area contributed by atoms with Crippen molar-refractivity contribution in [1.29, 1.82) is 0 Å². The van der Waals surface area contributed by atoms with Gasteiger partial charge in [0.15, 0.2) is 6.10 Å². The molecule has 4 rings (SSSR count). The molecule has 2 atom stereocenters. The van der Waals surface area contributed by atoms with E-state index in [9.17, 15) is 4.79 Å². The number of benzene rings is 2. The number of hydrogen-bond donors (Lipinski definition) is 1. The van der Waals surface area contributed by atoms with Gasteiger partial charge in [-0.3, -0.25) is 4.79 Å². The normalized spacial score (nSPS) is 22.3. The molecule has 0 bridgehead atoms. The highest BCUT2D eigenvalue weighted by atomic mass is 16.5. The quantitative estimate of drug-likeness (QED) is 0.918. The van der Waals surface area contributed by atoms with E-state index in [1.807, 2.05) is 30.3 Å². The van der Waals surface area contributed by atoms with Crippen LogP contribution in [0.5, 0.6) is 5.75 Å². The lowest BCUT2D eigenvalue weighted by Gasteiger charge is -2.17. The van der Waals surface area contributed by atoms with Gasteiger partial charge in [0.25, 0.3) is 5.91 Å². The van der Waals surface area contributed by atoms with Gasteiger partial charge in [-0.1, -0.05) is 42.5 Å². The van der Waals surface area contributed by atoms with E-state index in [0.29, 0.717) is 6.42 Å². The van der Waals surface area contributed by atoms with Crippen molar-refractivity contribution < 1.29 is 9.53 Å². The molecule has 0 radical (unpaired) electrons. The maximum Gasteiger partial charge on any atom is 0.261 e. The molecule has 1 heterocycles. The largest absolute Gasteiger partial charge is 0.480 e. The number of carbonyl (C=O) groups excluding carboxylic acids is 1. The molecule has 1 aliphatic heterocycles. The SMILES string of the molecule is O=C(N[C@@H]1CCc2ccccc21)[C@@H]1Cc2ccccc2O1. The van der Waals surface area contributed by atoms with Crippen LogP contribution in [0.15, 0.2) is 48.5 Å². The molecular formula is C18H17NO2. The molecule has 1 aliphatic carbocycles. The summed E-state index contributed by atoms with van der Waals surface area (Å²) in [6, 6.07) is 16.3. The topological polar surface area (TPSA) is 38.3 Å². The summed E-state index contributed by atoms with van der Waals surface area (Å²) >= 11 is 0. The van der Waals surface area contributed by atoms with Crippen molar-refractivity contribution in [1.82, 2.24) is 5.32 Å². The fourth-order valence-corrected chi connectivity index (χ4v) is 3.30. The molecule has 1 N–H and O–H groups in total. The van der Waals surface area contributed by atoms with Crippen molar-refractivity contribution in [3.63, 3.8) is 0 Å². The van der Waals surface area contributed by atoms with Crippen molar-refractivity contribution in [3.05, 3.63) is 65.2 Å². The van der Waals surface area contributed by atoms with Crippen molar-refractivity contribution >= 4 is 5.91 Å². The molecule has 106 valence electrons. The Morgan fingerprint density at radius 3 is 2.67 bits per heavy atom. The van der Waals surface area contributed by atoms with Gasteiger partial charge in [0.1, 0.15) is 5.75 Å². The lowest BCUT2D eigenvalue weighted by atomic mass is 10.1. The van der Waals surface area contributed by atoms with E-state index >= 15 is 0 Å². The van der Waals surface area contributed by atoms with Crippen molar-refractivity contribution in [2.24, 2.45) is 0 Å². The summed E-state index contributed by atoms with van der Waals surface area (Å²) in [7, 11) is 0. The molecule has 0 spiro atoms. The van der Waals surface area contributed by atoms with Crippen LogP contribution in [0.25, 0.3) is 0 Å². The number of hydrogen-bond acceptors (Lipinski definition) is 2. The third-order valence-corrected chi connectivity index (χ3v) is 4.39. The van der Waals surface area contributed by atoms with E-state index in [-0.39, 0.29) is 11.9 Å². The number of aryl methyl sites for hydroxylation is 1.